The Bertz CT molecular complexity index is 701. The molecule has 5 heteroatoms. The molecule has 2 aromatic rings. The van der Waals surface area contributed by atoms with Crippen molar-refractivity contribution in [2.75, 3.05) is 27.3 Å². The van der Waals surface area contributed by atoms with Crippen molar-refractivity contribution in [2.45, 2.75) is 26.3 Å². The van der Waals surface area contributed by atoms with E-state index < -0.39 is 0 Å². The summed E-state index contributed by atoms with van der Waals surface area (Å²) in [6.45, 7) is 4.35. The van der Waals surface area contributed by atoms with Crippen molar-refractivity contribution in [3.05, 3.63) is 59.7 Å². The van der Waals surface area contributed by atoms with Crippen molar-refractivity contribution in [3.63, 3.8) is 0 Å². The molecular formula is C21H29N3O2. The van der Waals surface area contributed by atoms with Gasteiger partial charge in [0.2, 0.25) is 0 Å². The van der Waals surface area contributed by atoms with Crippen LogP contribution in [-0.4, -0.2) is 33.3 Å². The molecule has 0 aliphatic carbocycles. The van der Waals surface area contributed by atoms with Crippen LogP contribution in [0.2, 0.25) is 0 Å². The number of benzene rings is 2. The lowest BCUT2D eigenvalue weighted by molar-refractivity contribution is 0.317. The normalized spacial score (nSPS) is 11.1. The van der Waals surface area contributed by atoms with E-state index in [1.807, 2.05) is 30.3 Å². The van der Waals surface area contributed by atoms with E-state index in [9.17, 15) is 0 Å². The molecule has 2 rings (SSSR count). The first-order chi connectivity index (χ1) is 12.7. The van der Waals surface area contributed by atoms with Crippen LogP contribution in [0.15, 0.2) is 53.5 Å². The van der Waals surface area contributed by atoms with E-state index >= 15 is 0 Å². The Hall–Kier alpha value is -2.69. The topological polar surface area (TPSA) is 54.9 Å². The molecular weight excluding hydrogens is 326 g/mol. The van der Waals surface area contributed by atoms with Gasteiger partial charge in [-0.05, 0) is 48.2 Å². The molecule has 0 atom stereocenters. The monoisotopic (exact) mass is 355 g/mol. The zero-order chi connectivity index (χ0) is 18.6. The van der Waals surface area contributed by atoms with Crippen LogP contribution in [0, 0.1) is 0 Å². The number of hydrogen-bond acceptors (Lipinski definition) is 3. The summed E-state index contributed by atoms with van der Waals surface area (Å²) in [6.07, 6.45) is 1.92. The highest BCUT2D eigenvalue weighted by Gasteiger charge is 2.01. The zero-order valence-corrected chi connectivity index (χ0v) is 15.9. The van der Waals surface area contributed by atoms with Gasteiger partial charge in [0.1, 0.15) is 11.5 Å². The Labute approximate surface area is 156 Å². The average Bonchev–Trinajstić information content (AvgIpc) is 2.69. The number of methoxy groups -OCH3 is 1. The van der Waals surface area contributed by atoms with E-state index in [0.29, 0.717) is 6.54 Å². The second-order valence-electron chi connectivity index (χ2n) is 5.95. The maximum atomic E-state index is 5.68. The average molecular weight is 355 g/mol. The lowest BCUT2D eigenvalue weighted by Gasteiger charge is -2.13. The van der Waals surface area contributed by atoms with Crippen LogP contribution in [0.3, 0.4) is 0 Å². The number of aliphatic imine (C=N–C) groups is 1. The maximum Gasteiger partial charge on any atom is 0.191 e. The van der Waals surface area contributed by atoms with Crippen molar-refractivity contribution in [1.82, 2.24) is 10.6 Å². The van der Waals surface area contributed by atoms with Crippen molar-refractivity contribution < 1.29 is 9.47 Å². The van der Waals surface area contributed by atoms with Gasteiger partial charge in [0.05, 0.1) is 13.7 Å². The molecule has 140 valence electrons. The van der Waals surface area contributed by atoms with Crippen molar-refractivity contribution in [1.29, 1.82) is 0 Å². The summed E-state index contributed by atoms with van der Waals surface area (Å²) < 4.78 is 10.9. The summed E-state index contributed by atoms with van der Waals surface area (Å²) >= 11 is 0. The third-order valence-corrected chi connectivity index (χ3v) is 3.90. The highest BCUT2D eigenvalue weighted by molar-refractivity contribution is 5.79. The number of nitrogens with one attached hydrogen (secondary N) is 2. The fourth-order valence-corrected chi connectivity index (χ4v) is 2.52. The molecule has 5 nitrogen and oxygen atoms in total. The van der Waals surface area contributed by atoms with Crippen LogP contribution in [0.1, 0.15) is 24.5 Å². The van der Waals surface area contributed by atoms with Gasteiger partial charge in [0.25, 0.3) is 0 Å². The standard InChI is InChI=1S/C21H29N3O2/c1-4-13-26-20-10-5-7-17(14-20)11-12-23-21(22-2)24-16-18-8-6-9-19(15-18)25-3/h5-10,14-15H,4,11-13,16H2,1-3H3,(H2,22,23,24). The second kappa shape index (κ2) is 11.0. The third-order valence-electron chi connectivity index (χ3n) is 3.90. The molecule has 0 spiro atoms. The third kappa shape index (κ3) is 6.67. The minimum Gasteiger partial charge on any atom is -0.497 e. The predicted octanol–water partition coefficient (Wildman–Crippen LogP) is 3.39. The molecule has 26 heavy (non-hydrogen) atoms. The molecule has 2 aromatic carbocycles. The minimum atomic E-state index is 0.692. The van der Waals surface area contributed by atoms with E-state index in [4.69, 9.17) is 9.47 Å². The molecule has 0 aliphatic heterocycles. The Balaban J connectivity index is 1.78. The molecule has 0 fully saturated rings. The summed E-state index contributed by atoms with van der Waals surface area (Å²) in [4.78, 5) is 4.27. The maximum absolute atomic E-state index is 5.68. The van der Waals surface area contributed by atoms with E-state index in [0.717, 1.165) is 49.0 Å². The first kappa shape index (κ1) is 19.6. The molecule has 0 amide bonds. The van der Waals surface area contributed by atoms with Crippen LogP contribution >= 0.6 is 0 Å². The number of rotatable bonds is 9. The lowest BCUT2D eigenvalue weighted by atomic mass is 10.1. The molecule has 0 aromatic heterocycles. The Morgan fingerprint density at radius 1 is 1.00 bits per heavy atom. The van der Waals surface area contributed by atoms with Gasteiger partial charge in [0, 0.05) is 20.1 Å². The zero-order valence-electron chi connectivity index (χ0n) is 15.9. The van der Waals surface area contributed by atoms with Gasteiger partial charge < -0.3 is 20.1 Å². The van der Waals surface area contributed by atoms with Crippen molar-refractivity contribution in [2.24, 2.45) is 4.99 Å². The number of hydrogen-bond donors (Lipinski definition) is 2. The quantitative estimate of drug-likeness (QED) is 0.535. The summed E-state index contributed by atoms with van der Waals surface area (Å²) in [5, 5.41) is 6.67. The first-order valence-electron chi connectivity index (χ1n) is 9.04. The summed E-state index contributed by atoms with van der Waals surface area (Å²) in [5.41, 5.74) is 2.39. The first-order valence-corrected chi connectivity index (χ1v) is 9.04. The Morgan fingerprint density at radius 3 is 2.46 bits per heavy atom. The minimum absolute atomic E-state index is 0.692. The van der Waals surface area contributed by atoms with E-state index in [1.54, 1.807) is 14.2 Å². The van der Waals surface area contributed by atoms with Gasteiger partial charge in [-0.1, -0.05) is 31.2 Å². The van der Waals surface area contributed by atoms with Gasteiger partial charge in [-0.25, -0.2) is 0 Å². The molecule has 0 heterocycles. The largest absolute Gasteiger partial charge is 0.497 e. The van der Waals surface area contributed by atoms with E-state index in [1.165, 1.54) is 5.56 Å². The van der Waals surface area contributed by atoms with Crippen molar-refractivity contribution in [3.8, 4) is 11.5 Å². The molecule has 0 radical (unpaired) electrons. The fourth-order valence-electron chi connectivity index (χ4n) is 2.52. The molecule has 0 bridgehead atoms. The van der Waals surface area contributed by atoms with Gasteiger partial charge in [-0.15, -0.1) is 0 Å². The summed E-state index contributed by atoms with van der Waals surface area (Å²) in [6, 6.07) is 16.3. The predicted molar refractivity (Wildman–Crippen MR) is 107 cm³/mol. The summed E-state index contributed by atoms with van der Waals surface area (Å²) in [7, 11) is 3.45. The second-order valence-corrected chi connectivity index (χ2v) is 5.95. The molecule has 0 saturated heterocycles. The SMILES string of the molecule is CCCOc1cccc(CCNC(=NC)NCc2cccc(OC)c2)c1. The number of guanidine groups is 1. The highest BCUT2D eigenvalue weighted by Crippen LogP contribution is 2.14. The molecule has 2 N–H and O–H groups in total. The van der Waals surface area contributed by atoms with Crippen LogP contribution in [0.4, 0.5) is 0 Å². The number of nitrogens with zero attached hydrogens (tertiary/aromatic N) is 1. The molecule has 0 unspecified atom stereocenters. The van der Waals surface area contributed by atoms with Gasteiger partial charge in [-0.2, -0.15) is 0 Å². The van der Waals surface area contributed by atoms with Crippen LogP contribution < -0.4 is 20.1 Å². The van der Waals surface area contributed by atoms with Crippen LogP contribution in [-0.2, 0) is 13.0 Å². The lowest BCUT2D eigenvalue weighted by Crippen LogP contribution is -2.37. The molecule has 0 aliphatic rings. The highest BCUT2D eigenvalue weighted by atomic mass is 16.5. The van der Waals surface area contributed by atoms with Crippen LogP contribution in [0.5, 0.6) is 11.5 Å². The smallest absolute Gasteiger partial charge is 0.191 e. The van der Waals surface area contributed by atoms with E-state index in [2.05, 4.69) is 40.7 Å². The molecule has 0 saturated carbocycles. The van der Waals surface area contributed by atoms with Gasteiger partial charge >= 0.3 is 0 Å². The van der Waals surface area contributed by atoms with Crippen LogP contribution in [0.25, 0.3) is 0 Å². The Morgan fingerprint density at radius 2 is 1.73 bits per heavy atom. The van der Waals surface area contributed by atoms with Gasteiger partial charge in [-0.3, -0.25) is 4.99 Å². The number of ether oxygens (including phenoxy) is 2. The Kier molecular flexibility index (Phi) is 8.33. The fraction of sp³-hybridized carbons (Fsp3) is 0.381. The summed E-state index contributed by atoms with van der Waals surface area (Å²) in [5.74, 6) is 2.58. The van der Waals surface area contributed by atoms with Gasteiger partial charge in [0.15, 0.2) is 5.96 Å². The van der Waals surface area contributed by atoms with Crippen molar-refractivity contribution >= 4 is 5.96 Å². The van der Waals surface area contributed by atoms with E-state index in [-0.39, 0.29) is 0 Å².